The van der Waals surface area contributed by atoms with E-state index in [1.807, 2.05) is 41.2 Å². The minimum absolute atomic E-state index is 0.146. The molecule has 6 rings (SSSR count). The molecule has 0 amide bonds. The number of fused-ring (bicyclic) bond motifs is 2. The SMILES string of the molecule is C=C(/C=C\C)[C@@H]1C2CN(S(=O)c3cncc(F)c3)CC21C.Cc1ccc2cnn(-c3ccc(F)cc3)c2c1. The molecule has 1 aliphatic heterocycles. The Kier molecular flexibility index (Phi) is 7.11. The predicted octanol–water partition coefficient (Wildman–Crippen LogP) is 6.42. The summed E-state index contributed by atoms with van der Waals surface area (Å²) >= 11 is 0. The van der Waals surface area contributed by atoms with Gasteiger partial charge in [-0.25, -0.2) is 22.0 Å². The normalized spacial score (nSPS) is 23.2. The van der Waals surface area contributed by atoms with Gasteiger partial charge in [0.05, 0.1) is 28.5 Å². The van der Waals surface area contributed by atoms with E-state index < -0.39 is 16.8 Å². The fraction of sp³-hybridized carbons (Fsp3) is 0.267. The van der Waals surface area contributed by atoms with E-state index in [4.69, 9.17) is 0 Å². The van der Waals surface area contributed by atoms with Crippen molar-refractivity contribution in [2.24, 2.45) is 17.3 Å². The van der Waals surface area contributed by atoms with E-state index in [1.54, 1.807) is 12.1 Å². The molecular weight excluding hydrogens is 502 g/mol. The molecule has 2 aliphatic rings. The molecule has 0 spiro atoms. The molecule has 4 atom stereocenters. The second-order valence-corrected chi connectivity index (χ2v) is 11.7. The summed E-state index contributed by atoms with van der Waals surface area (Å²) in [6.07, 6.45) is 8.49. The molecule has 1 saturated heterocycles. The summed E-state index contributed by atoms with van der Waals surface area (Å²) in [5.74, 6) is 0.288. The highest BCUT2D eigenvalue weighted by molar-refractivity contribution is 7.82. The predicted molar refractivity (Wildman–Crippen MR) is 147 cm³/mol. The molecule has 196 valence electrons. The van der Waals surface area contributed by atoms with Crippen molar-refractivity contribution >= 4 is 21.9 Å². The summed E-state index contributed by atoms with van der Waals surface area (Å²) in [7, 11) is -1.33. The van der Waals surface area contributed by atoms with Gasteiger partial charge in [-0.3, -0.25) is 4.98 Å². The number of allylic oxidation sites excluding steroid dienone is 3. The summed E-state index contributed by atoms with van der Waals surface area (Å²) in [6, 6.07) is 13.8. The maximum atomic E-state index is 13.2. The van der Waals surface area contributed by atoms with Crippen LogP contribution < -0.4 is 0 Å². The Morgan fingerprint density at radius 2 is 1.87 bits per heavy atom. The first-order valence-electron chi connectivity index (χ1n) is 12.5. The van der Waals surface area contributed by atoms with E-state index in [-0.39, 0.29) is 11.2 Å². The molecule has 2 aromatic carbocycles. The first-order chi connectivity index (χ1) is 18.2. The van der Waals surface area contributed by atoms with Gasteiger partial charge in [0.15, 0.2) is 0 Å². The number of hydrogen-bond acceptors (Lipinski definition) is 3. The summed E-state index contributed by atoms with van der Waals surface area (Å²) < 4.78 is 42.3. The van der Waals surface area contributed by atoms with Crippen molar-refractivity contribution in [3.8, 4) is 5.69 Å². The fourth-order valence-electron chi connectivity index (χ4n) is 5.53. The van der Waals surface area contributed by atoms with Crippen LogP contribution in [0.1, 0.15) is 19.4 Å². The largest absolute Gasteiger partial charge is 0.260 e. The van der Waals surface area contributed by atoms with E-state index in [9.17, 15) is 13.0 Å². The number of piperidine rings is 1. The molecule has 4 aromatic rings. The average Bonchev–Trinajstić information content (AvgIpc) is 3.16. The molecule has 2 fully saturated rings. The summed E-state index contributed by atoms with van der Waals surface area (Å²) in [5.41, 5.74) is 4.39. The minimum Gasteiger partial charge on any atom is -0.260 e. The van der Waals surface area contributed by atoms with Gasteiger partial charge in [-0.05, 0) is 73.1 Å². The second-order valence-electron chi connectivity index (χ2n) is 10.2. The third-order valence-electron chi connectivity index (χ3n) is 7.46. The average molecular weight is 533 g/mol. The van der Waals surface area contributed by atoms with Crippen molar-refractivity contribution in [2.75, 3.05) is 13.1 Å². The van der Waals surface area contributed by atoms with E-state index >= 15 is 0 Å². The lowest BCUT2D eigenvalue weighted by Gasteiger charge is -2.21. The molecule has 3 heterocycles. The standard InChI is InChI=1S/C16H19FN2OS.C14H11FN2/c1-4-5-11(2)15-14-9-19(10-16(14,15)3)21(20)13-6-12(17)7-18-8-13;1-10-2-3-11-9-16-17(14(11)8-10)13-6-4-12(15)5-7-13/h4-8,14-15H,2,9-10H2,1,3H3;2-9H,1H3/b5-4-;/t14?,15-,16?,21?;/m1./s1. The molecule has 5 nitrogen and oxygen atoms in total. The number of nitrogens with zero attached hydrogens (tertiary/aromatic N) is 4. The topological polar surface area (TPSA) is 51.0 Å². The Balaban J connectivity index is 0.000000158. The zero-order valence-corrected chi connectivity index (χ0v) is 22.5. The van der Waals surface area contributed by atoms with Gasteiger partial charge < -0.3 is 0 Å². The highest BCUT2D eigenvalue weighted by Crippen LogP contribution is 2.66. The molecule has 8 heteroatoms. The molecule has 0 radical (unpaired) electrons. The summed E-state index contributed by atoms with van der Waals surface area (Å²) in [6.45, 7) is 11.9. The minimum atomic E-state index is -1.33. The van der Waals surface area contributed by atoms with Crippen molar-refractivity contribution < 1.29 is 13.0 Å². The maximum absolute atomic E-state index is 13.2. The van der Waals surface area contributed by atoms with E-state index in [0.717, 1.165) is 41.4 Å². The Morgan fingerprint density at radius 3 is 2.53 bits per heavy atom. The van der Waals surface area contributed by atoms with Gasteiger partial charge in [0.25, 0.3) is 0 Å². The lowest BCUT2D eigenvalue weighted by molar-refractivity contribution is 0.412. The monoisotopic (exact) mass is 532 g/mol. The van der Waals surface area contributed by atoms with Gasteiger partial charge in [-0.15, -0.1) is 0 Å². The first kappa shape index (κ1) is 26.1. The summed E-state index contributed by atoms with van der Waals surface area (Å²) in [4.78, 5) is 4.21. The van der Waals surface area contributed by atoms with Crippen molar-refractivity contribution in [1.82, 2.24) is 19.1 Å². The van der Waals surface area contributed by atoms with Crippen LogP contribution >= 0.6 is 0 Å². The lowest BCUT2D eigenvalue weighted by Crippen LogP contribution is -2.29. The number of hydrogen-bond donors (Lipinski definition) is 0. The quantitative estimate of drug-likeness (QED) is 0.279. The molecule has 3 unspecified atom stereocenters. The molecule has 2 aromatic heterocycles. The Hall–Kier alpha value is -3.49. The fourth-order valence-corrected chi connectivity index (χ4v) is 6.89. The lowest BCUT2D eigenvalue weighted by atomic mass is 10.0. The van der Waals surface area contributed by atoms with Crippen molar-refractivity contribution in [2.45, 2.75) is 25.7 Å². The number of pyridine rings is 1. The number of benzene rings is 2. The maximum Gasteiger partial charge on any atom is 0.142 e. The summed E-state index contributed by atoms with van der Waals surface area (Å²) in [5, 5.41) is 5.41. The smallest absolute Gasteiger partial charge is 0.142 e. The third kappa shape index (κ3) is 4.98. The number of halogens is 2. The first-order valence-corrected chi connectivity index (χ1v) is 13.6. The molecule has 1 saturated carbocycles. The van der Waals surface area contributed by atoms with Crippen LogP contribution in [0.2, 0.25) is 0 Å². The Morgan fingerprint density at radius 1 is 1.11 bits per heavy atom. The van der Waals surface area contributed by atoms with Crippen LogP contribution in [0.4, 0.5) is 8.78 Å². The van der Waals surface area contributed by atoms with Crippen LogP contribution in [-0.4, -0.2) is 36.4 Å². The molecule has 0 bridgehead atoms. The van der Waals surface area contributed by atoms with Crippen LogP contribution in [0.3, 0.4) is 0 Å². The van der Waals surface area contributed by atoms with Crippen LogP contribution in [0.25, 0.3) is 16.6 Å². The van der Waals surface area contributed by atoms with E-state index in [0.29, 0.717) is 16.7 Å². The second kappa shape index (κ2) is 10.3. The molecule has 0 N–H and O–H groups in total. The van der Waals surface area contributed by atoms with Gasteiger partial charge in [-0.1, -0.05) is 43.4 Å². The zero-order valence-electron chi connectivity index (χ0n) is 21.6. The highest BCUT2D eigenvalue weighted by atomic mass is 32.2. The molecule has 1 aliphatic carbocycles. The highest BCUT2D eigenvalue weighted by Gasteiger charge is 2.66. The van der Waals surface area contributed by atoms with Gasteiger partial charge >= 0.3 is 0 Å². The third-order valence-corrected chi connectivity index (χ3v) is 8.84. The Bertz CT molecular complexity index is 1550. The number of aromatic nitrogens is 3. The van der Waals surface area contributed by atoms with Crippen LogP contribution in [-0.2, 0) is 11.0 Å². The van der Waals surface area contributed by atoms with E-state index in [1.165, 1.54) is 30.0 Å². The van der Waals surface area contributed by atoms with Crippen molar-refractivity contribution in [3.05, 3.63) is 109 Å². The van der Waals surface area contributed by atoms with Crippen LogP contribution in [0.15, 0.2) is 96.3 Å². The van der Waals surface area contributed by atoms with Crippen molar-refractivity contribution in [3.63, 3.8) is 0 Å². The van der Waals surface area contributed by atoms with Gasteiger partial charge in [0.2, 0.25) is 0 Å². The van der Waals surface area contributed by atoms with Crippen molar-refractivity contribution in [1.29, 1.82) is 0 Å². The van der Waals surface area contributed by atoms with Gasteiger partial charge in [0, 0.05) is 24.7 Å². The van der Waals surface area contributed by atoms with Crippen LogP contribution in [0, 0.1) is 35.8 Å². The molecule has 38 heavy (non-hydrogen) atoms. The number of aryl methyl sites for hydroxylation is 1. The van der Waals surface area contributed by atoms with Crippen LogP contribution in [0.5, 0.6) is 0 Å². The van der Waals surface area contributed by atoms with E-state index in [2.05, 4.69) is 41.8 Å². The zero-order chi connectivity index (χ0) is 27.0. The number of rotatable bonds is 5. The Labute approximate surface area is 224 Å². The van der Waals surface area contributed by atoms with Gasteiger partial charge in [-0.2, -0.15) is 5.10 Å². The molecular formula is C30H30F2N4OS. The van der Waals surface area contributed by atoms with Gasteiger partial charge in [0.1, 0.15) is 22.6 Å².